The molecule has 0 saturated heterocycles. The van der Waals surface area contributed by atoms with Crippen LogP contribution in [0.25, 0.3) is 0 Å². The van der Waals surface area contributed by atoms with E-state index in [1.807, 2.05) is 18.2 Å². The van der Waals surface area contributed by atoms with E-state index in [0.29, 0.717) is 13.1 Å². The minimum absolute atomic E-state index is 0.0222. The van der Waals surface area contributed by atoms with Gasteiger partial charge in [-0.05, 0) is 23.8 Å². The smallest absolute Gasteiger partial charge is 0.315 e. The standard InChI is InChI=1S/C21H26N2O6S/c1-4-23(5-2)30(26,27)17-11-12-19(28-3)18(13-17)22-20(24)14-21(25)29-15-16-9-7-6-8-10-16/h6-13H,4-5,14-15H2,1-3H3,(H,22,24). The Hall–Kier alpha value is -2.91. The van der Waals surface area contributed by atoms with E-state index in [-0.39, 0.29) is 22.9 Å². The Morgan fingerprint density at radius 1 is 1.03 bits per heavy atom. The fourth-order valence-electron chi connectivity index (χ4n) is 2.77. The predicted molar refractivity (Wildman–Crippen MR) is 113 cm³/mol. The number of anilines is 1. The quantitative estimate of drug-likeness (QED) is 0.456. The SMILES string of the molecule is CCN(CC)S(=O)(=O)c1ccc(OC)c(NC(=O)CC(=O)OCc2ccccc2)c1. The number of nitrogens with zero attached hydrogens (tertiary/aromatic N) is 1. The predicted octanol–water partition coefficient (Wildman–Crippen LogP) is 2.80. The molecule has 0 heterocycles. The molecule has 0 unspecified atom stereocenters. The summed E-state index contributed by atoms with van der Waals surface area (Å²) in [4.78, 5) is 24.3. The molecule has 0 fully saturated rings. The number of carbonyl (C=O) groups is 2. The lowest BCUT2D eigenvalue weighted by Gasteiger charge is -2.19. The zero-order valence-electron chi connectivity index (χ0n) is 17.3. The number of ether oxygens (including phenoxy) is 2. The molecule has 0 aliphatic heterocycles. The highest BCUT2D eigenvalue weighted by Gasteiger charge is 2.23. The van der Waals surface area contributed by atoms with E-state index in [4.69, 9.17) is 9.47 Å². The number of methoxy groups -OCH3 is 1. The second kappa shape index (κ2) is 10.7. The number of esters is 1. The van der Waals surface area contributed by atoms with E-state index < -0.39 is 28.3 Å². The molecule has 0 saturated carbocycles. The Bertz CT molecular complexity index is 972. The van der Waals surface area contributed by atoms with Crippen LogP contribution in [0.1, 0.15) is 25.8 Å². The van der Waals surface area contributed by atoms with E-state index in [2.05, 4.69) is 5.32 Å². The van der Waals surface area contributed by atoms with Gasteiger partial charge in [0.15, 0.2) is 0 Å². The summed E-state index contributed by atoms with van der Waals surface area (Å²) in [5, 5.41) is 2.53. The van der Waals surface area contributed by atoms with Crippen LogP contribution in [-0.4, -0.2) is 44.8 Å². The average Bonchev–Trinajstić information content (AvgIpc) is 2.73. The summed E-state index contributed by atoms with van der Waals surface area (Å²) in [7, 11) is -2.31. The third kappa shape index (κ3) is 6.04. The van der Waals surface area contributed by atoms with Gasteiger partial charge in [-0.2, -0.15) is 4.31 Å². The first-order valence-electron chi connectivity index (χ1n) is 9.49. The molecule has 0 radical (unpaired) electrons. The summed E-state index contributed by atoms with van der Waals surface area (Å²) in [6.45, 7) is 4.19. The largest absolute Gasteiger partial charge is 0.495 e. The highest BCUT2D eigenvalue weighted by molar-refractivity contribution is 7.89. The summed E-state index contributed by atoms with van der Waals surface area (Å²) in [6.07, 6.45) is -0.511. The van der Waals surface area contributed by atoms with E-state index in [1.165, 1.54) is 29.6 Å². The van der Waals surface area contributed by atoms with Gasteiger partial charge in [0.1, 0.15) is 18.8 Å². The van der Waals surface area contributed by atoms with Crippen LogP contribution in [0, 0.1) is 0 Å². The number of hydrogen-bond donors (Lipinski definition) is 1. The first-order chi connectivity index (χ1) is 14.3. The van der Waals surface area contributed by atoms with Crippen molar-refractivity contribution in [3.63, 3.8) is 0 Å². The number of hydrogen-bond acceptors (Lipinski definition) is 6. The van der Waals surface area contributed by atoms with Gasteiger partial charge >= 0.3 is 5.97 Å². The number of carbonyl (C=O) groups excluding carboxylic acids is 2. The number of benzene rings is 2. The van der Waals surface area contributed by atoms with E-state index >= 15 is 0 Å². The van der Waals surface area contributed by atoms with Crippen LogP contribution < -0.4 is 10.1 Å². The second-order valence-corrected chi connectivity index (χ2v) is 8.26. The Morgan fingerprint density at radius 3 is 2.30 bits per heavy atom. The highest BCUT2D eigenvalue weighted by atomic mass is 32.2. The maximum absolute atomic E-state index is 12.7. The molecule has 30 heavy (non-hydrogen) atoms. The van der Waals surface area contributed by atoms with Gasteiger partial charge in [-0.25, -0.2) is 8.42 Å². The molecule has 162 valence electrons. The van der Waals surface area contributed by atoms with Crippen molar-refractivity contribution in [1.29, 1.82) is 0 Å². The van der Waals surface area contributed by atoms with Crippen LogP contribution in [0.4, 0.5) is 5.69 Å². The number of rotatable bonds is 10. The highest BCUT2D eigenvalue weighted by Crippen LogP contribution is 2.29. The van der Waals surface area contributed by atoms with Gasteiger partial charge in [-0.15, -0.1) is 0 Å². The molecule has 0 bridgehead atoms. The Kier molecular flexibility index (Phi) is 8.37. The number of nitrogens with one attached hydrogen (secondary N) is 1. The lowest BCUT2D eigenvalue weighted by molar-refractivity contribution is -0.146. The van der Waals surface area contributed by atoms with Crippen molar-refractivity contribution in [1.82, 2.24) is 4.31 Å². The minimum atomic E-state index is -3.71. The maximum atomic E-state index is 12.7. The van der Waals surface area contributed by atoms with Crippen LogP contribution >= 0.6 is 0 Å². The lowest BCUT2D eigenvalue weighted by Crippen LogP contribution is -2.30. The topological polar surface area (TPSA) is 102 Å². The third-order valence-electron chi connectivity index (χ3n) is 4.34. The molecule has 1 amide bonds. The molecule has 0 aliphatic rings. The molecule has 2 aromatic carbocycles. The summed E-state index contributed by atoms with van der Waals surface area (Å²) in [5.74, 6) is -1.05. The van der Waals surface area contributed by atoms with Crippen LogP contribution in [0.3, 0.4) is 0 Å². The van der Waals surface area contributed by atoms with Crippen molar-refractivity contribution in [2.75, 3.05) is 25.5 Å². The first kappa shape index (κ1) is 23.4. The van der Waals surface area contributed by atoms with Crippen molar-refractivity contribution in [2.24, 2.45) is 0 Å². The molecule has 9 heteroatoms. The number of amides is 1. The Balaban J connectivity index is 2.08. The van der Waals surface area contributed by atoms with Crippen LogP contribution in [0.2, 0.25) is 0 Å². The van der Waals surface area contributed by atoms with Gasteiger partial charge in [0.2, 0.25) is 15.9 Å². The van der Waals surface area contributed by atoms with Gasteiger partial charge < -0.3 is 14.8 Å². The van der Waals surface area contributed by atoms with Gasteiger partial charge in [0, 0.05) is 13.1 Å². The van der Waals surface area contributed by atoms with Crippen LogP contribution in [-0.2, 0) is 31.0 Å². The number of sulfonamides is 1. The van der Waals surface area contributed by atoms with Crippen molar-refractivity contribution < 1.29 is 27.5 Å². The molecule has 8 nitrogen and oxygen atoms in total. The monoisotopic (exact) mass is 434 g/mol. The van der Waals surface area contributed by atoms with Crippen molar-refractivity contribution >= 4 is 27.6 Å². The third-order valence-corrected chi connectivity index (χ3v) is 6.38. The lowest BCUT2D eigenvalue weighted by atomic mass is 10.2. The van der Waals surface area contributed by atoms with Gasteiger partial charge in [0.25, 0.3) is 0 Å². The van der Waals surface area contributed by atoms with Gasteiger partial charge in [0.05, 0.1) is 17.7 Å². The molecule has 0 spiro atoms. The fraction of sp³-hybridized carbons (Fsp3) is 0.333. The zero-order valence-corrected chi connectivity index (χ0v) is 18.1. The minimum Gasteiger partial charge on any atom is -0.495 e. The molecule has 2 aromatic rings. The first-order valence-corrected chi connectivity index (χ1v) is 10.9. The fourth-order valence-corrected chi connectivity index (χ4v) is 4.26. The average molecular weight is 435 g/mol. The zero-order chi connectivity index (χ0) is 22.1. The molecular formula is C21H26N2O6S. The summed E-state index contributed by atoms with van der Waals surface area (Å²) in [6, 6.07) is 13.3. The molecule has 2 rings (SSSR count). The van der Waals surface area contributed by atoms with Crippen LogP contribution in [0.5, 0.6) is 5.75 Å². The van der Waals surface area contributed by atoms with Crippen molar-refractivity contribution in [3.05, 3.63) is 54.1 Å². The van der Waals surface area contributed by atoms with Crippen molar-refractivity contribution in [2.45, 2.75) is 31.8 Å². The summed E-state index contributed by atoms with van der Waals surface area (Å²) >= 11 is 0. The molecule has 0 atom stereocenters. The maximum Gasteiger partial charge on any atom is 0.315 e. The van der Waals surface area contributed by atoms with E-state index in [9.17, 15) is 18.0 Å². The molecular weight excluding hydrogens is 408 g/mol. The van der Waals surface area contributed by atoms with Crippen LogP contribution in [0.15, 0.2) is 53.4 Å². The Morgan fingerprint density at radius 2 is 1.70 bits per heavy atom. The molecule has 1 N–H and O–H groups in total. The Labute approximate surface area is 176 Å². The van der Waals surface area contributed by atoms with E-state index in [0.717, 1.165) is 5.56 Å². The summed E-state index contributed by atoms with van der Waals surface area (Å²) in [5.41, 5.74) is 0.967. The summed E-state index contributed by atoms with van der Waals surface area (Å²) < 4.78 is 37.1. The van der Waals surface area contributed by atoms with Gasteiger partial charge in [-0.3, -0.25) is 9.59 Å². The van der Waals surface area contributed by atoms with E-state index in [1.54, 1.807) is 26.0 Å². The van der Waals surface area contributed by atoms with Crippen molar-refractivity contribution in [3.8, 4) is 5.75 Å². The second-order valence-electron chi connectivity index (χ2n) is 6.32. The molecule has 0 aromatic heterocycles. The van der Waals surface area contributed by atoms with Gasteiger partial charge in [-0.1, -0.05) is 44.2 Å². The normalized spacial score (nSPS) is 11.2. The molecule has 0 aliphatic carbocycles.